The third-order valence-electron chi connectivity index (χ3n) is 4.61. The number of rotatable bonds is 8. The molecule has 0 saturated carbocycles. The number of methoxy groups -OCH3 is 1. The number of nitrogens with zero attached hydrogens (tertiary/aromatic N) is 2. The normalized spacial score (nSPS) is 25.6. The quantitative estimate of drug-likeness (QED) is 0.743. The van der Waals surface area contributed by atoms with Crippen LogP contribution in [0.1, 0.15) is 31.7 Å². The first kappa shape index (κ1) is 16.5. The molecular weight excluding hydrogens is 266 g/mol. The second kappa shape index (κ2) is 7.38. The zero-order valence-electron chi connectivity index (χ0n) is 13.8. The van der Waals surface area contributed by atoms with Crippen LogP contribution in [0.4, 0.5) is 0 Å². The molecule has 0 amide bonds. The van der Waals surface area contributed by atoms with Crippen LogP contribution in [0.15, 0.2) is 6.07 Å². The number of ether oxygens (including phenoxy) is 2. The molecule has 1 saturated heterocycles. The lowest BCUT2D eigenvalue weighted by molar-refractivity contribution is 0.0609. The summed E-state index contributed by atoms with van der Waals surface area (Å²) in [5, 5.41) is 8.10. The predicted molar refractivity (Wildman–Crippen MR) is 83.6 cm³/mol. The Kier molecular flexibility index (Phi) is 5.79. The van der Waals surface area contributed by atoms with Gasteiger partial charge in [0.25, 0.3) is 0 Å². The highest BCUT2D eigenvalue weighted by Gasteiger charge is 2.41. The number of aromatic nitrogens is 2. The molecule has 5 nitrogen and oxygen atoms in total. The maximum absolute atomic E-state index is 5.88. The minimum absolute atomic E-state index is 0.160. The summed E-state index contributed by atoms with van der Waals surface area (Å²) in [5.41, 5.74) is 2.58. The third kappa shape index (κ3) is 3.84. The van der Waals surface area contributed by atoms with Gasteiger partial charge in [0.05, 0.1) is 18.4 Å². The summed E-state index contributed by atoms with van der Waals surface area (Å²) in [4.78, 5) is 0. The SMILES string of the molecule is CCn1nc(C)cc1CC1(CNCCOC)CCOC1C. The minimum atomic E-state index is 0.160. The molecule has 21 heavy (non-hydrogen) atoms. The largest absolute Gasteiger partial charge is 0.383 e. The minimum Gasteiger partial charge on any atom is -0.383 e. The number of hydrogen-bond acceptors (Lipinski definition) is 4. The fourth-order valence-electron chi connectivity index (χ4n) is 3.23. The fraction of sp³-hybridized carbons (Fsp3) is 0.812. The smallest absolute Gasteiger partial charge is 0.0619 e. The van der Waals surface area contributed by atoms with Gasteiger partial charge in [-0.25, -0.2) is 0 Å². The monoisotopic (exact) mass is 295 g/mol. The van der Waals surface area contributed by atoms with Gasteiger partial charge in [-0.05, 0) is 39.7 Å². The van der Waals surface area contributed by atoms with Crippen molar-refractivity contribution in [1.82, 2.24) is 15.1 Å². The Labute approximate surface area is 128 Å². The van der Waals surface area contributed by atoms with Gasteiger partial charge in [0, 0.05) is 44.5 Å². The summed E-state index contributed by atoms with van der Waals surface area (Å²) in [5.74, 6) is 0. The summed E-state index contributed by atoms with van der Waals surface area (Å²) in [7, 11) is 1.74. The van der Waals surface area contributed by atoms with Gasteiger partial charge in [-0.15, -0.1) is 0 Å². The summed E-state index contributed by atoms with van der Waals surface area (Å²) in [6, 6.07) is 2.21. The highest BCUT2D eigenvalue weighted by atomic mass is 16.5. The topological polar surface area (TPSA) is 48.3 Å². The Balaban J connectivity index is 2.09. The Morgan fingerprint density at radius 3 is 3.00 bits per heavy atom. The van der Waals surface area contributed by atoms with Crippen LogP contribution in [0, 0.1) is 12.3 Å². The van der Waals surface area contributed by atoms with Crippen LogP contribution in [0.2, 0.25) is 0 Å². The van der Waals surface area contributed by atoms with Gasteiger partial charge in [-0.1, -0.05) is 0 Å². The van der Waals surface area contributed by atoms with Crippen molar-refractivity contribution in [3.63, 3.8) is 0 Å². The zero-order valence-corrected chi connectivity index (χ0v) is 13.8. The molecule has 2 unspecified atom stereocenters. The van der Waals surface area contributed by atoms with Crippen LogP contribution in [0.25, 0.3) is 0 Å². The molecule has 1 aromatic rings. The van der Waals surface area contributed by atoms with Crippen molar-refractivity contribution in [2.45, 2.75) is 46.3 Å². The summed E-state index contributed by atoms with van der Waals surface area (Å²) >= 11 is 0. The average Bonchev–Trinajstić information content (AvgIpc) is 2.99. The van der Waals surface area contributed by atoms with E-state index in [9.17, 15) is 0 Å². The summed E-state index contributed by atoms with van der Waals surface area (Å²) in [6.07, 6.45) is 2.39. The first-order chi connectivity index (χ1) is 10.1. The van der Waals surface area contributed by atoms with Crippen LogP contribution >= 0.6 is 0 Å². The maximum atomic E-state index is 5.88. The zero-order chi connectivity index (χ0) is 15.3. The van der Waals surface area contributed by atoms with E-state index in [-0.39, 0.29) is 11.5 Å². The standard InChI is InChI=1S/C16H29N3O2/c1-5-19-15(10-13(2)18-19)11-16(6-8-21-14(16)3)12-17-7-9-20-4/h10,14,17H,5-9,11-12H2,1-4H3. The molecular formula is C16H29N3O2. The average molecular weight is 295 g/mol. The van der Waals surface area contributed by atoms with Gasteiger partial charge < -0.3 is 14.8 Å². The Hall–Kier alpha value is -0.910. The molecule has 0 radical (unpaired) electrons. The van der Waals surface area contributed by atoms with Crippen molar-refractivity contribution in [2.75, 3.05) is 33.4 Å². The van der Waals surface area contributed by atoms with E-state index in [1.807, 2.05) is 0 Å². The van der Waals surface area contributed by atoms with Crippen LogP contribution in [-0.4, -0.2) is 49.3 Å². The van der Waals surface area contributed by atoms with E-state index in [0.717, 1.165) is 51.4 Å². The van der Waals surface area contributed by atoms with Gasteiger partial charge in [-0.3, -0.25) is 4.68 Å². The fourth-order valence-corrected chi connectivity index (χ4v) is 3.23. The molecule has 1 fully saturated rings. The van der Waals surface area contributed by atoms with Crippen LogP contribution < -0.4 is 5.32 Å². The lowest BCUT2D eigenvalue weighted by atomic mass is 9.77. The number of nitrogens with one attached hydrogen (secondary N) is 1. The van der Waals surface area contributed by atoms with E-state index in [4.69, 9.17) is 9.47 Å². The summed E-state index contributed by atoms with van der Waals surface area (Å²) < 4.78 is 13.1. The molecule has 1 aliphatic rings. The lowest BCUT2D eigenvalue weighted by Gasteiger charge is -2.32. The van der Waals surface area contributed by atoms with Crippen LogP contribution in [-0.2, 0) is 22.4 Å². The lowest BCUT2D eigenvalue weighted by Crippen LogP contribution is -2.42. The molecule has 1 aromatic heterocycles. The second-order valence-electron chi connectivity index (χ2n) is 6.06. The molecule has 2 heterocycles. The molecule has 0 spiro atoms. The highest BCUT2D eigenvalue weighted by Crippen LogP contribution is 2.37. The van der Waals surface area contributed by atoms with Crippen molar-refractivity contribution in [3.8, 4) is 0 Å². The Bertz CT molecular complexity index is 447. The van der Waals surface area contributed by atoms with E-state index in [0.29, 0.717) is 0 Å². The second-order valence-corrected chi connectivity index (χ2v) is 6.06. The molecule has 0 aromatic carbocycles. The summed E-state index contributed by atoms with van der Waals surface area (Å²) in [6.45, 7) is 10.8. The van der Waals surface area contributed by atoms with E-state index >= 15 is 0 Å². The van der Waals surface area contributed by atoms with E-state index in [2.05, 4.69) is 41.9 Å². The van der Waals surface area contributed by atoms with Gasteiger partial charge >= 0.3 is 0 Å². The first-order valence-corrected chi connectivity index (χ1v) is 7.96. The van der Waals surface area contributed by atoms with Crippen molar-refractivity contribution in [2.24, 2.45) is 5.41 Å². The van der Waals surface area contributed by atoms with E-state index < -0.39 is 0 Å². The van der Waals surface area contributed by atoms with Crippen molar-refractivity contribution < 1.29 is 9.47 Å². The molecule has 2 atom stereocenters. The molecule has 1 N–H and O–H groups in total. The molecule has 0 bridgehead atoms. The van der Waals surface area contributed by atoms with E-state index in [1.54, 1.807) is 7.11 Å². The third-order valence-corrected chi connectivity index (χ3v) is 4.61. The predicted octanol–water partition coefficient (Wildman–Crippen LogP) is 1.79. The maximum Gasteiger partial charge on any atom is 0.0619 e. The van der Waals surface area contributed by atoms with Gasteiger partial charge in [0.1, 0.15) is 0 Å². The van der Waals surface area contributed by atoms with Crippen LogP contribution in [0.3, 0.4) is 0 Å². The van der Waals surface area contributed by atoms with Crippen molar-refractivity contribution in [1.29, 1.82) is 0 Å². The molecule has 120 valence electrons. The molecule has 1 aliphatic heterocycles. The van der Waals surface area contributed by atoms with Crippen molar-refractivity contribution >= 4 is 0 Å². The van der Waals surface area contributed by atoms with Gasteiger partial charge in [0.2, 0.25) is 0 Å². The molecule has 0 aliphatic carbocycles. The number of aryl methyl sites for hydroxylation is 2. The Morgan fingerprint density at radius 1 is 1.57 bits per heavy atom. The highest BCUT2D eigenvalue weighted by molar-refractivity contribution is 5.13. The first-order valence-electron chi connectivity index (χ1n) is 7.96. The number of hydrogen-bond donors (Lipinski definition) is 1. The molecule has 5 heteroatoms. The molecule has 2 rings (SSSR count). The van der Waals surface area contributed by atoms with Gasteiger partial charge in [-0.2, -0.15) is 5.10 Å². The van der Waals surface area contributed by atoms with E-state index in [1.165, 1.54) is 5.69 Å². The van der Waals surface area contributed by atoms with Crippen molar-refractivity contribution in [3.05, 3.63) is 17.5 Å². The van der Waals surface area contributed by atoms with Gasteiger partial charge in [0.15, 0.2) is 0 Å². The van der Waals surface area contributed by atoms with Crippen LogP contribution in [0.5, 0.6) is 0 Å². The Morgan fingerprint density at radius 2 is 2.38 bits per heavy atom.